The fraction of sp³-hybridized carbons (Fsp3) is 0.513. The molecule has 0 bridgehead atoms. The van der Waals surface area contributed by atoms with Crippen LogP contribution in [0.4, 0.5) is 17.3 Å². The molecule has 4 aromatic rings. The third-order valence-corrected chi connectivity index (χ3v) is 11.1. The van der Waals surface area contributed by atoms with Gasteiger partial charge in [-0.05, 0) is 108 Å². The van der Waals surface area contributed by atoms with Crippen molar-refractivity contribution in [3.8, 4) is 5.82 Å². The number of pyridine rings is 1. The van der Waals surface area contributed by atoms with E-state index < -0.39 is 11.6 Å². The van der Waals surface area contributed by atoms with Crippen LogP contribution in [0.5, 0.6) is 0 Å². The van der Waals surface area contributed by atoms with Crippen LogP contribution in [0.2, 0.25) is 0 Å². The molecule has 13 heteroatoms. The van der Waals surface area contributed by atoms with Gasteiger partial charge in [0.25, 0.3) is 5.56 Å². The Morgan fingerprint density at radius 2 is 1.67 bits per heavy atom. The van der Waals surface area contributed by atoms with Gasteiger partial charge in [-0.1, -0.05) is 12.1 Å². The zero-order valence-corrected chi connectivity index (χ0v) is 30.3. The number of piperazine rings is 1. The van der Waals surface area contributed by atoms with Crippen LogP contribution in [0.1, 0.15) is 58.1 Å². The predicted molar refractivity (Wildman–Crippen MR) is 202 cm³/mol. The fourth-order valence-corrected chi connectivity index (χ4v) is 8.14. The number of aromatic nitrogens is 5. The average molecular weight is 710 g/mol. The smallest absolute Gasteiger partial charge is 0.306 e. The lowest BCUT2D eigenvalue weighted by molar-refractivity contribution is -0.143. The van der Waals surface area contributed by atoms with Crippen LogP contribution < -0.4 is 15.8 Å². The molecule has 3 N–H and O–H groups in total. The lowest BCUT2D eigenvalue weighted by Gasteiger charge is -2.43. The number of aliphatic carboxylic acids is 1. The largest absolute Gasteiger partial charge is 0.481 e. The standard InChI is InChI=1S/C39H51N9O4/c1-4-18-47-36(49)32-25-40-38(43-35(32)48(47)34-7-5-6-33(42-34)39(2,3)52)41-29-10-14-31(15-11-29)46-23-21-45(22-24-46)30-12-8-27(9-13-30)26-44-19-16-28(17-20-44)37(50)51/h4-7,10-11,14-15,25,27-28,30,52H,1,8-9,12-13,16-24,26H2,2-3H3,(H,50,51)(H,40,41,43). The summed E-state index contributed by atoms with van der Waals surface area (Å²) in [6, 6.07) is 14.3. The number of nitrogens with zero attached hydrogens (tertiary/aromatic N) is 8. The molecule has 3 aliphatic rings. The van der Waals surface area contributed by atoms with Crippen LogP contribution in [-0.2, 0) is 16.9 Å². The van der Waals surface area contributed by atoms with Crippen molar-refractivity contribution in [2.75, 3.05) is 56.0 Å². The number of likely N-dealkylation sites (tertiary alicyclic amines) is 1. The molecule has 5 heterocycles. The van der Waals surface area contributed by atoms with Gasteiger partial charge in [0.2, 0.25) is 5.95 Å². The number of carboxylic acid groups (broad SMARTS) is 1. The highest BCUT2D eigenvalue weighted by Gasteiger charge is 2.31. The van der Waals surface area contributed by atoms with Gasteiger partial charge in [-0.2, -0.15) is 4.98 Å². The molecule has 3 fully saturated rings. The summed E-state index contributed by atoms with van der Waals surface area (Å²) in [6.45, 7) is 14.5. The molecule has 52 heavy (non-hydrogen) atoms. The van der Waals surface area contributed by atoms with Crippen molar-refractivity contribution < 1.29 is 15.0 Å². The van der Waals surface area contributed by atoms with E-state index in [0.717, 1.165) is 70.3 Å². The first-order valence-corrected chi connectivity index (χ1v) is 18.7. The minimum atomic E-state index is -1.16. The molecule has 0 spiro atoms. The second-order valence-electron chi connectivity index (χ2n) is 15.1. The first kappa shape index (κ1) is 35.8. The second kappa shape index (κ2) is 15.2. The van der Waals surface area contributed by atoms with Gasteiger partial charge >= 0.3 is 5.97 Å². The Labute approximate surface area is 304 Å². The maximum atomic E-state index is 13.4. The van der Waals surface area contributed by atoms with Crippen molar-refractivity contribution in [2.24, 2.45) is 11.8 Å². The monoisotopic (exact) mass is 709 g/mol. The number of carbonyl (C=O) groups is 1. The topological polar surface area (TPSA) is 145 Å². The minimum Gasteiger partial charge on any atom is -0.481 e. The van der Waals surface area contributed by atoms with Crippen molar-refractivity contribution >= 4 is 34.3 Å². The average Bonchev–Trinajstić information content (AvgIpc) is 3.42. The van der Waals surface area contributed by atoms with E-state index >= 15 is 0 Å². The highest BCUT2D eigenvalue weighted by atomic mass is 16.4. The number of piperidine rings is 1. The maximum Gasteiger partial charge on any atom is 0.306 e. The lowest BCUT2D eigenvalue weighted by atomic mass is 9.84. The summed E-state index contributed by atoms with van der Waals surface area (Å²) in [5.74, 6) is 0.758. The number of hydrogen-bond acceptors (Lipinski definition) is 10. The lowest BCUT2D eigenvalue weighted by Crippen LogP contribution is -2.51. The first-order valence-electron chi connectivity index (χ1n) is 18.7. The van der Waals surface area contributed by atoms with E-state index in [1.807, 2.05) is 12.1 Å². The van der Waals surface area contributed by atoms with E-state index in [4.69, 9.17) is 4.98 Å². The Hall–Kier alpha value is -4.59. The molecular formula is C39H51N9O4. The van der Waals surface area contributed by atoms with Gasteiger partial charge in [0.15, 0.2) is 11.5 Å². The van der Waals surface area contributed by atoms with Gasteiger partial charge in [0.05, 0.1) is 18.2 Å². The molecule has 1 aromatic carbocycles. The molecule has 0 amide bonds. The Balaban J connectivity index is 0.950. The Morgan fingerprint density at radius 3 is 2.33 bits per heavy atom. The normalized spacial score (nSPS) is 21.0. The zero-order chi connectivity index (χ0) is 36.4. The van der Waals surface area contributed by atoms with Gasteiger partial charge in [-0.15, -0.1) is 6.58 Å². The van der Waals surface area contributed by atoms with E-state index in [0.29, 0.717) is 34.5 Å². The highest BCUT2D eigenvalue weighted by Crippen LogP contribution is 2.31. The summed E-state index contributed by atoms with van der Waals surface area (Å²) < 4.78 is 3.17. The van der Waals surface area contributed by atoms with Crippen molar-refractivity contribution in [2.45, 2.75) is 70.6 Å². The number of hydrogen-bond donors (Lipinski definition) is 3. The Bertz CT molecular complexity index is 1930. The van der Waals surface area contributed by atoms with Gasteiger partial charge in [-0.25, -0.2) is 19.3 Å². The molecule has 0 radical (unpaired) electrons. The summed E-state index contributed by atoms with van der Waals surface area (Å²) in [5.41, 5.74) is 1.50. The molecule has 2 aliphatic heterocycles. The minimum absolute atomic E-state index is 0.157. The molecule has 7 rings (SSSR count). The number of rotatable bonds is 11. The van der Waals surface area contributed by atoms with Gasteiger partial charge in [-0.3, -0.25) is 14.5 Å². The van der Waals surface area contributed by atoms with Crippen molar-refractivity contribution in [3.05, 3.63) is 77.4 Å². The number of benzene rings is 1. The van der Waals surface area contributed by atoms with Crippen molar-refractivity contribution in [1.82, 2.24) is 34.1 Å². The molecule has 3 aromatic heterocycles. The second-order valence-corrected chi connectivity index (χ2v) is 15.1. The third kappa shape index (κ3) is 7.76. The summed E-state index contributed by atoms with van der Waals surface area (Å²) in [4.78, 5) is 46.2. The van der Waals surface area contributed by atoms with Crippen LogP contribution in [0.25, 0.3) is 16.9 Å². The number of nitrogens with one attached hydrogen (secondary N) is 1. The van der Waals surface area contributed by atoms with E-state index in [-0.39, 0.29) is 18.0 Å². The van der Waals surface area contributed by atoms with Crippen LogP contribution in [0, 0.1) is 11.8 Å². The van der Waals surface area contributed by atoms with E-state index in [9.17, 15) is 19.8 Å². The number of allylic oxidation sites excluding steroid dienone is 1. The molecule has 276 valence electrons. The van der Waals surface area contributed by atoms with Gasteiger partial charge < -0.3 is 25.3 Å². The summed E-state index contributed by atoms with van der Waals surface area (Å²) in [5, 5.41) is 23.5. The number of fused-ring (bicyclic) bond motifs is 1. The van der Waals surface area contributed by atoms with Crippen LogP contribution in [-0.4, -0.2) is 102 Å². The molecule has 2 saturated heterocycles. The molecule has 1 aliphatic carbocycles. The van der Waals surface area contributed by atoms with E-state index in [1.54, 1.807) is 42.8 Å². The van der Waals surface area contributed by atoms with Crippen molar-refractivity contribution in [3.63, 3.8) is 0 Å². The molecular weight excluding hydrogens is 658 g/mol. The summed E-state index contributed by atoms with van der Waals surface area (Å²) in [7, 11) is 0. The highest BCUT2D eigenvalue weighted by molar-refractivity contribution is 5.77. The summed E-state index contributed by atoms with van der Waals surface area (Å²) in [6.07, 6.45) is 9.79. The Kier molecular flexibility index (Phi) is 10.4. The van der Waals surface area contributed by atoms with Gasteiger partial charge in [0.1, 0.15) is 11.0 Å². The predicted octanol–water partition coefficient (Wildman–Crippen LogP) is 4.61. The molecule has 0 atom stereocenters. The van der Waals surface area contributed by atoms with Gasteiger partial charge in [0, 0.05) is 56.3 Å². The van der Waals surface area contributed by atoms with Crippen molar-refractivity contribution in [1.29, 1.82) is 0 Å². The zero-order valence-electron chi connectivity index (χ0n) is 30.3. The number of carboxylic acids is 1. The van der Waals surface area contributed by atoms with Crippen LogP contribution >= 0.6 is 0 Å². The summed E-state index contributed by atoms with van der Waals surface area (Å²) >= 11 is 0. The quantitative estimate of drug-likeness (QED) is 0.188. The number of anilines is 3. The Morgan fingerprint density at radius 1 is 0.962 bits per heavy atom. The fourth-order valence-electron chi connectivity index (χ4n) is 8.14. The van der Waals surface area contributed by atoms with Crippen LogP contribution in [0.3, 0.4) is 0 Å². The third-order valence-electron chi connectivity index (χ3n) is 11.1. The molecule has 0 unspecified atom stereocenters. The van der Waals surface area contributed by atoms with E-state index in [1.165, 1.54) is 42.2 Å². The maximum absolute atomic E-state index is 13.4. The molecule has 1 saturated carbocycles. The first-order chi connectivity index (χ1) is 25.1. The SMILES string of the molecule is C=CCn1c(=O)c2cnc(Nc3ccc(N4CCN(C5CCC(CN6CCC(C(=O)O)CC6)CC5)CC4)cc3)nc2n1-c1cccc(C(C)(C)O)n1. The van der Waals surface area contributed by atoms with Crippen LogP contribution in [0.15, 0.2) is 66.1 Å². The molecule has 13 nitrogen and oxygen atoms in total. The number of aliphatic hydroxyl groups is 1. The van der Waals surface area contributed by atoms with E-state index in [2.05, 4.69) is 48.7 Å².